The number of nitrogens with two attached hydrogens (primary N) is 1. The molecule has 2 heterocycles. The molecule has 1 aromatic heterocycles. The summed E-state index contributed by atoms with van der Waals surface area (Å²) in [6.07, 6.45) is 2.45. The van der Waals surface area contributed by atoms with Crippen LogP contribution in [0.4, 0.5) is 11.6 Å². The topological polar surface area (TPSA) is 85.1 Å². The summed E-state index contributed by atoms with van der Waals surface area (Å²) in [6, 6.07) is 8.09. The van der Waals surface area contributed by atoms with Crippen molar-refractivity contribution < 1.29 is 4.74 Å². The van der Waals surface area contributed by atoms with E-state index >= 15 is 0 Å². The number of rotatable bonds is 4. The SMILES string of the molecule is NNc1ncnc(NCC2Cc3ccccc3O2)c1Br. The van der Waals surface area contributed by atoms with E-state index in [9.17, 15) is 0 Å². The zero-order valence-electron chi connectivity index (χ0n) is 10.6. The number of hydrogen-bond donors (Lipinski definition) is 3. The van der Waals surface area contributed by atoms with Gasteiger partial charge in [0, 0.05) is 6.42 Å². The number of ether oxygens (including phenoxy) is 1. The third kappa shape index (κ3) is 2.54. The van der Waals surface area contributed by atoms with Crippen LogP contribution in [0.3, 0.4) is 0 Å². The number of fused-ring (bicyclic) bond motifs is 1. The van der Waals surface area contributed by atoms with Crippen molar-refractivity contribution in [3.8, 4) is 5.75 Å². The van der Waals surface area contributed by atoms with E-state index in [0.717, 1.165) is 12.2 Å². The molecule has 0 aliphatic carbocycles. The Morgan fingerprint density at radius 3 is 2.90 bits per heavy atom. The number of benzene rings is 1. The summed E-state index contributed by atoms with van der Waals surface area (Å²) in [5.74, 6) is 7.56. The molecular weight excluding hydrogens is 322 g/mol. The highest BCUT2D eigenvalue weighted by molar-refractivity contribution is 9.10. The molecule has 20 heavy (non-hydrogen) atoms. The number of nitrogen functional groups attached to an aromatic ring is 1. The van der Waals surface area contributed by atoms with Crippen molar-refractivity contribution in [2.45, 2.75) is 12.5 Å². The molecule has 0 spiro atoms. The molecule has 0 amide bonds. The van der Waals surface area contributed by atoms with Crippen LogP contribution in [0.2, 0.25) is 0 Å². The van der Waals surface area contributed by atoms with Crippen LogP contribution in [-0.4, -0.2) is 22.6 Å². The number of nitrogens with zero attached hydrogens (tertiary/aromatic N) is 2. The molecule has 4 N–H and O–H groups in total. The fraction of sp³-hybridized carbons (Fsp3) is 0.231. The predicted molar refractivity (Wildman–Crippen MR) is 80.6 cm³/mol. The fourth-order valence-electron chi connectivity index (χ4n) is 2.17. The minimum Gasteiger partial charge on any atom is -0.488 e. The third-order valence-electron chi connectivity index (χ3n) is 3.14. The van der Waals surface area contributed by atoms with Crippen molar-refractivity contribution in [3.05, 3.63) is 40.6 Å². The molecule has 1 aliphatic rings. The van der Waals surface area contributed by atoms with Gasteiger partial charge in [-0.3, -0.25) is 0 Å². The largest absolute Gasteiger partial charge is 0.488 e. The van der Waals surface area contributed by atoms with Crippen LogP contribution in [0, 0.1) is 0 Å². The molecule has 7 heteroatoms. The molecule has 6 nitrogen and oxygen atoms in total. The molecule has 3 rings (SSSR count). The first kappa shape index (κ1) is 13.1. The van der Waals surface area contributed by atoms with Gasteiger partial charge in [0.1, 0.15) is 28.5 Å². The Kier molecular flexibility index (Phi) is 3.70. The van der Waals surface area contributed by atoms with Gasteiger partial charge in [-0.2, -0.15) is 0 Å². The van der Waals surface area contributed by atoms with Crippen LogP contribution in [0.1, 0.15) is 5.56 Å². The van der Waals surface area contributed by atoms with E-state index in [2.05, 4.69) is 42.7 Å². The Morgan fingerprint density at radius 1 is 1.30 bits per heavy atom. The smallest absolute Gasteiger partial charge is 0.159 e. The molecule has 0 bridgehead atoms. The summed E-state index contributed by atoms with van der Waals surface area (Å²) in [5, 5.41) is 3.25. The second kappa shape index (κ2) is 5.64. The lowest BCUT2D eigenvalue weighted by Gasteiger charge is -2.14. The van der Waals surface area contributed by atoms with Gasteiger partial charge in [-0.1, -0.05) is 18.2 Å². The molecule has 1 unspecified atom stereocenters. The molecule has 1 atom stereocenters. The Labute approximate surface area is 124 Å². The van der Waals surface area contributed by atoms with Crippen LogP contribution in [0.5, 0.6) is 5.75 Å². The lowest BCUT2D eigenvalue weighted by Crippen LogP contribution is -2.24. The number of nitrogens with one attached hydrogen (secondary N) is 2. The van der Waals surface area contributed by atoms with E-state index in [1.54, 1.807) is 0 Å². The van der Waals surface area contributed by atoms with E-state index in [-0.39, 0.29) is 6.10 Å². The second-order valence-corrected chi connectivity index (χ2v) is 5.25. The summed E-state index contributed by atoms with van der Waals surface area (Å²) in [4.78, 5) is 8.18. The van der Waals surface area contributed by atoms with Crippen LogP contribution in [0.15, 0.2) is 35.1 Å². The number of para-hydroxylation sites is 1. The van der Waals surface area contributed by atoms with Crippen molar-refractivity contribution in [3.63, 3.8) is 0 Å². The van der Waals surface area contributed by atoms with E-state index in [4.69, 9.17) is 10.6 Å². The maximum atomic E-state index is 5.86. The summed E-state index contributed by atoms with van der Waals surface area (Å²) < 4.78 is 6.57. The molecule has 0 saturated heterocycles. The Bertz CT molecular complexity index is 596. The van der Waals surface area contributed by atoms with Crippen molar-refractivity contribution >= 4 is 27.6 Å². The molecule has 1 aliphatic heterocycles. The van der Waals surface area contributed by atoms with E-state index in [1.807, 2.05) is 18.2 Å². The summed E-state index contributed by atoms with van der Waals surface area (Å²) in [6.45, 7) is 0.661. The quantitative estimate of drug-likeness (QED) is 0.584. The van der Waals surface area contributed by atoms with Crippen molar-refractivity contribution in [1.29, 1.82) is 0 Å². The summed E-state index contributed by atoms with van der Waals surface area (Å²) >= 11 is 3.41. The highest BCUT2D eigenvalue weighted by Crippen LogP contribution is 2.29. The Morgan fingerprint density at radius 2 is 2.10 bits per heavy atom. The lowest BCUT2D eigenvalue weighted by molar-refractivity contribution is 0.246. The lowest BCUT2D eigenvalue weighted by atomic mass is 10.1. The highest BCUT2D eigenvalue weighted by atomic mass is 79.9. The second-order valence-electron chi connectivity index (χ2n) is 4.46. The standard InChI is InChI=1S/C13H14BrN5O/c14-11-12(17-7-18-13(11)19-15)16-6-9-5-8-3-1-2-4-10(8)20-9/h1-4,7,9H,5-6,15H2,(H2,16,17,18,19). The molecule has 0 radical (unpaired) electrons. The summed E-state index contributed by atoms with van der Waals surface area (Å²) in [7, 11) is 0. The van der Waals surface area contributed by atoms with Crippen LogP contribution in [0.25, 0.3) is 0 Å². The molecular formula is C13H14BrN5O. The fourth-order valence-corrected chi connectivity index (χ4v) is 2.63. The zero-order chi connectivity index (χ0) is 13.9. The minimum atomic E-state index is 0.101. The predicted octanol–water partition coefficient (Wildman–Crippen LogP) is 1.94. The van der Waals surface area contributed by atoms with E-state index in [0.29, 0.717) is 22.7 Å². The summed E-state index contributed by atoms with van der Waals surface area (Å²) in [5.41, 5.74) is 3.75. The maximum absolute atomic E-state index is 5.86. The number of anilines is 2. The first-order chi connectivity index (χ1) is 9.78. The van der Waals surface area contributed by atoms with Crippen molar-refractivity contribution in [1.82, 2.24) is 9.97 Å². The van der Waals surface area contributed by atoms with E-state index in [1.165, 1.54) is 11.9 Å². The molecule has 0 fully saturated rings. The van der Waals surface area contributed by atoms with Gasteiger partial charge in [0.25, 0.3) is 0 Å². The van der Waals surface area contributed by atoms with Gasteiger partial charge < -0.3 is 15.5 Å². The Hall–Kier alpha value is -1.86. The Balaban J connectivity index is 1.64. The minimum absolute atomic E-state index is 0.101. The van der Waals surface area contributed by atoms with Crippen LogP contribution < -0.4 is 21.3 Å². The average Bonchev–Trinajstić information content (AvgIpc) is 2.89. The maximum Gasteiger partial charge on any atom is 0.159 e. The van der Waals surface area contributed by atoms with Crippen molar-refractivity contribution in [2.24, 2.45) is 5.84 Å². The third-order valence-corrected chi connectivity index (χ3v) is 3.89. The normalized spacial score (nSPS) is 16.4. The van der Waals surface area contributed by atoms with Gasteiger partial charge in [-0.05, 0) is 27.6 Å². The number of aromatic nitrogens is 2. The first-order valence-corrected chi connectivity index (χ1v) is 7.03. The number of hydrazine groups is 1. The van der Waals surface area contributed by atoms with Gasteiger partial charge in [-0.25, -0.2) is 15.8 Å². The number of hydrogen-bond acceptors (Lipinski definition) is 6. The molecule has 2 aromatic rings. The molecule has 104 valence electrons. The van der Waals surface area contributed by atoms with E-state index < -0.39 is 0 Å². The van der Waals surface area contributed by atoms with Gasteiger partial charge >= 0.3 is 0 Å². The zero-order valence-corrected chi connectivity index (χ0v) is 12.2. The molecule has 1 aromatic carbocycles. The van der Waals surface area contributed by atoms with Gasteiger partial charge in [0.2, 0.25) is 0 Å². The van der Waals surface area contributed by atoms with Crippen LogP contribution >= 0.6 is 15.9 Å². The average molecular weight is 336 g/mol. The van der Waals surface area contributed by atoms with Gasteiger partial charge in [0.15, 0.2) is 5.82 Å². The monoisotopic (exact) mass is 335 g/mol. The van der Waals surface area contributed by atoms with Crippen LogP contribution in [-0.2, 0) is 6.42 Å². The van der Waals surface area contributed by atoms with Gasteiger partial charge in [-0.15, -0.1) is 0 Å². The van der Waals surface area contributed by atoms with Crippen molar-refractivity contribution in [2.75, 3.05) is 17.3 Å². The number of halogens is 1. The highest BCUT2D eigenvalue weighted by Gasteiger charge is 2.22. The molecule has 0 saturated carbocycles. The van der Waals surface area contributed by atoms with Gasteiger partial charge in [0.05, 0.1) is 6.54 Å². The first-order valence-electron chi connectivity index (χ1n) is 6.23.